The minimum absolute atomic E-state index is 0.217. The number of nitrogens with one attached hydrogen (secondary N) is 2. The average Bonchev–Trinajstić information content (AvgIpc) is 2.38. The fourth-order valence-electron chi connectivity index (χ4n) is 2.57. The molecule has 1 saturated heterocycles. The molecule has 1 fully saturated rings. The molecule has 0 aromatic carbocycles. The maximum absolute atomic E-state index is 12.0. The Morgan fingerprint density at radius 3 is 2.72 bits per heavy atom. The van der Waals surface area contributed by atoms with E-state index in [0.717, 1.165) is 52.0 Å². The van der Waals surface area contributed by atoms with E-state index in [4.69, 9.17) is 0 Å². The molecule has 4 heteroatoms. The zero-order chi connectivity index (χ0) is 13.4. The molecule has 0 bridgehead atoms. The summed E-state index contributed by atoms with van der Waals surface area (Å²) < 4.78 is 0. The fraction of sp³-hybridized carbons (Fsp3) is 0.929. The molecule has 1 aliphatic heterocycles. The number of carbonyl (C=O) groups is 1. The number of nitrogens with zero attached hydrogens (tertiary/aromatic N) is 1. The Morgan fingerprint density at radius 2 is 2.11 bits per heavy atom. The molecule has 0 aliphatic carbocycles. The van der Waals surface area contributed by atoms with Crippen LogP contribution in [0.1, 0.15) is 40.0 Å². The Bertz CT molecular complexity index is 241. The summed E-state index contributed by atoms with van der Waals surface area (Å²) in [4.78, 5) is 14.4. The number of rotatable bonds is 7. The first-order valence-electron chi connectivity index (χ1n) is 7.40. The molecule has 0 saturated carbocycles. The van der Waals surface area contributed by atoms with E-state index in [1.807, 2.05) is 0 Å². The molecule has 18 heavy (non-hydrogen) atoms. The molecule has 1 rings (SSSR count). The third-order valence-electron chi connectivity index (χ3n) is 3.84. The topological polar surface area (TPSA) is 44.4 Å². The van der Waals surface area contributed by atoms with Gasteiger partial charge in [0.2, 0.25) is 5.91 Å². The molecule has 0 aromatic rings. The van der Waals surface area contributed by atoms with Gasteiger partial charge in [0.15, 0.2) is 0 Å². The summed E-state index contributed by atoms with van der Waals surface area (Å²) in [5.41, 5.74) is 0. The van der Waals surface area contributed by atoms with E-state index in [2.05, 4.69) is 36.3 Å². The molecule has 1 heterocycles. The highest BCUT2D eigenvalue weighted by Gasteiger charge is 2.24. The van der Waals surface area contributed by atoms with Gasteiger partial charge in [-0.15, -0.1) is 0 Å². The molecular formula is C14H29N3O. The minimum atomic E-state index is 0.217. The lowest BCUT2D eigenvalue weighted by molar-refractivity contribution is -0.126. The second kappa shape index (κ2) is 8.48. The molecule has 0 radical (unpaired) electrons. The molecule has 2 atom stereocenters. The van der Waals surface area contributed by atoms with Gasteiger partial charge in [0.1, 0.15) is 0 Å². The molecule has 2 N–H and O–H groups in total. The molecule has 1 amide bonds. The number of hydrogen-bond donors (Lipinski definition) is 2. The Morgan fingerprint density at radius 1 is 1.39 bits per heavy atom. The Kier molecular flexibility index (Phi) is 7.28. The summed E-state index contributed by atoms with van der Waals surface area (Å²) in [7, 11) is 0. The second-order valence-electron chi connectivity index (χ2n) is 5.25. The molecule has 4 nitrogen and oxygen atoms in total. The van der Waals surface area contributed by atoms with Gasteiger partial charge in [0, 0.05) is 18.5 Å². The van der Waals surface area contributed by atoms with Crippen LogP contribution in [0.4, 0.5) is 0 Å². The van der Waals surface area contributed by atoms with Crippen LogP contribution in [0, 0.1) is 5.92 Å². The minimum Gasteiger partial charge on any atom is -0.356 e. The van der Waals surface area contributed by atoms with E-state index in [1.54, 1.807) is 0 Å². The maximum Gasteiger partial charge on any atom is 0.223 e. The van der Waals surface area contributed by atoms with Crippen LogP contribution in [0.2, 0.25) is 0 Å². The Balaban J connectivity index is 2.13. The van der Waals surface area contributed by atoms with E-state index < -0.39 is 0 Å². The van der Waals surface area contributed by atoms with Gasteiger partial charge in [-0.2, -0.15) is 0 Å². The van der Waals surface area contributed by atoms with Crippen molar-refractivity contribution in [2.45, 2.75) is 46.1 Å². The summed E-state index contributed by atoms with van der Waals surface area (Å²) in [5.74, 6) is 0.470. The third-order valence-corrected chi connectivity index (χ3v) is 3.84. The predicted octanol–water partition coefficient (Wildman–Crippen LogP) is 1.22. The molecule has 1 aliphatic rings. The molecule has 106 valence electrons. The van der Waals surface area contributed by atoms with Gasteiger partial charge >= 0.3 is 0 Å². The normalized spacial score (nSPS) is 24.2. The standard InChI is InChI=1S/C14H29N3O/c1-4-17(5-2)10-6-8-16-14(18)13-7-9-15-12(3)11-13/h12-13,15H,4-11H2,1-3H3,(H,16,18)/t12-,13-/m0/s1. The lowest BCUT2D eigenvalue weighted by atomic mass is 9.92. The van der Waals surface area contributed by atoms with Gasteiger partial charge in [-0.3, -0.25) is 4.79 Å². The summed E-state index contributed by atoms with van der Waals surface area (Å²) in [5, 5.41) is 6.46. The van der Waals surface area contributed by atoms with Crippen molar-refractivity contribution in [1.82, 2.24) is 15.5 Å². The highest BCUT2D eigenvalue weighted by Crippen LogP contribution is 2.15. The van der Waals surface area contributed by atoms with Crippen molar-refractivity contribution in [1.29, 1.82) is 0 Å². The quantitative estimate of drug-likeness (QED) is 0.672. The van der Waals surface area contributed by atoms with Crippen LogP contribution in [0.15, 0.2) is 0 Å². The van der Waals surface area contributed by atoms with Crippen molar-refractivity contribution in [2.24, 2.45) is 5.92 Å². The van der Waals surface area contributed by atoms with Crippen LogP contribution < -0.4 is 10.6 Å². The van der Waals surface area contributed by atoms with Gasteiger partial charge in [0.25, 0.3) is 0 Å². The summed E-state index contributed by atoms with van der Waals surface area (Å²) >= 11 is 0. The van der Waals surface area contributed by atoms with E-state index in [-0.39, 0.29) is 11.8 Å². The van der Waals surface area contributed by atoms with Gasteiger partial charge in [-0.1, -0.05) is 13.8 Å². The van der Waals surface area contributed by atoms with Gasteiger partial charge in [-0.05, 0) is 52.4 Å². The highest BCUT2D eigenvalue weighted by molar-refractivity contribution is 5.78. The van der Waals surface area contributed by atoms with Gasteiger partial charge < -0.3 is 15.5 Å². The summed E-state index contributed by atoms with van der Waals surface area (Å²) in [6.07, 6.45) is 3.00. The first kappa shape index (κ1) is 15.4. The Labute approximate surface area is 111 Å². The van der Waals surface area contributed by atoms with Crippen LogP contribution in [0.25, 0.3) is 0 Å². The monoisotopic (exact) mass is 255 g/mol. The van der Waals surface area contributed by atoms with E-state index in [9.17, 15) is 4.79 Å². The SMILES string of the molecule is CCN(CC)CCCNC(=O)[C@H]1CCN[C@@H](C)C1. The number of piperidine rings is 1. The van der Waals surface area contributed by atoms with Gasteiger partial charge in [-0.25, -0.2) is 0 Å². The van der Waals surface area contributed by atoms with Crippen molar-refractivity contribution in [2.75, 3.05) is 32.7 Å². The Hall–Kier alpha value is -0.610. The lowest BCUT2D eigenvalue weighted by Crippen LogP contribution is -2.42. The van der Waals surface area contributed by atoms with Crippen LogP contribution in [0.5, 0.6) is 0 Å². The van der Waals surface area contributed by atoms with E-state index in [1.165, 1.54) is 0 Å². The van der Waals surface area contributed by atoms with Crippen molar-refractivity contribution in [3.8, 4) is 0 Å². The molecule has 0 spiro atoms. The molecular weight excluding hydrogens is 226 g/mol. The summed E-state index contributed by atoms with van der Waals surface area (Å²) in [6.45, 7) is 11.6. The molecule has 0 aromatic heterocycles. The number of hydrogen-bond acceptors (Lipinski definition) is 3. The highest BCUT2D eigenvalue weighted by atomic mass is 16.1. The smallest absolute Gasteiger partial charge is 0.223 e. The summed E-state index contributed by atoms with van der Waals surface area (Å²) in [6, 6.07) is 0.477. The second-order valence-corrected chi connectivity index (χ2v) is 5.25. The van der Waals surface area contributed by atoms with Crippen LogP contribution in [0.3, 0.4) is 0 Å². The first-order valence-corrected chi connectivity index (χ1v) is 7.40. The van der Waals surface area contributed by atoms with E-state index >= 15 is 0 Å². The van der Waals surface area contributed by atoms with Crippen LogP contribution in [-0.4, -0.2) is 49.6 Å². The zero-order valence-corrected chi connectivity index (χ0v) is 12.2. The van der Waals surface area contributed by atoms with Crippen molar-refractivity contribution in [3.05, 3.63) is 0 Å². The van der Waals surface area contributed by atoms with Gasteiger partial charge in [0.05, 0.1) is 0 Å². The third kappa shape index (κ3) is 5.36. The van der Waals surface area contributed by atoms with Crippen LogP contribution >= 0.6 is 0 Å². The van der Waals surface area contributed by atoms with Crippen LogP contribution in [-0.2, 0) is 4.79 Å². The van der Waals surface area contributed by atoms with E-state index in [0.29, 0.717) is 6.04 Å². The zero-order valence-electron chi connectivity index (χ0n) is 12.2. The largest absolute Gasteiger partial charge is 0.356 e. The van der Waals surface area contributed by atoms with Crippen molar-refractivity contribution in [3.63, 3.8) is 0 Å². The first-order chi connectivity index (χ1) is 8.67. The predicted molar refractivity (Wildman–Crippen MR) is 75.6 cm³/mol. The fourth-order valence-corrected chi connectivity index (χ4v) is 2.57. The maximum atomic E-state index is 12.0. The average molecular weight is 255 g/mol. The number of carbonyl (C=O) groups excluding carboxylic acids is 1. The van der Waals surface area contributed by atoms with Crippen molar-refractivity contribution >= 4 is 5.91 Å². The lowest BCUT2D eigenvalue weighted by Gasteiger charge is -2.27. The number of amides is 1. The molecule has 0 unspecified atom stereocenters. The van der Waals surface area contributed by atoms with Crippen molar-refractivity contribution < 1.29 is 4.79 Å².